The SMILES string of the molecule is CC\C=C/C=C\C=C/C=C\C=C/CCCCCC(=O)OC(COC(=O)CCCCCC/C=C\C/C=C\C/C=C\CC)COC(=O)CCCCCCCCCCC/C=C\C/C=C\C/C=C\CC. The van der Waals surface area contributed by atoms with Gasteiger partial charge in [0.25, 0.3) is 0 Å². The predicted octanol–water partition coefficient (Wildman–Crippen LogP) is 17.5. The third kappa shape index (κ3) is 50.5. The zero-order chi connectivity index (χ0) is 47.9. The Morgan fingerprint density at radius 2 is 0.621 bits per heavy atom. The van der Waals surface area contributed by atoms with Crippen molar-refractivity contribution >= 4 is 17.9 Å². The van der Waals surface area contributed by atoms with Crippen LogP contribution in [0.15, 0.2) is 134 Å². The van der Waals surface area contributed by atoms with Gasteiger partial charge in [0.05, 0.1) is 0 Å². The van der Waals surface area contributed by atoms with Crippen LogP contribution in [0.2, 0.25) is 0 Å². The molecule has 0 aliphatic rings. The number of hydrogen-bond donors (Lipinski definition) is 0. The highest BCUT2D eigenvalue weighted by Crippen LogP contribution is 2.14. The van der Waals surface area contributed by atoms with Gasteiger partial charge in [0.1, 0.15) is 13.2 Å². The summed E-state index contributed by atoms with van der Waals surface area (Å²) in [6.45, 7) is 6.19. The number of hydrogen-bond acceptors (Lipinski definition) is 6. The number of carbonyl (C=O) groups is 3. The first kappa shape index (κ1) is 61.5. The molecule has 0 rings (SSSR count). The second-order valence-electron chi connectivity index (χ2n) is 16.8. The van der Waals surface area contributed by atoms with Crippen LogP contribution in [-0.2, 0) is 28.6 Å². The Morgan fingerprint density at radius 3 is 1.05 bits per heavy atom. The fourth-order valence-electron chi connectivity index (χ4n) is 6.67. The molecule has 1 atom stereocenters. The number of ether oxygens (including phenoxy) is 3. The van der Waals surface area contributed by atoms with E-state index in [1.54, 1.807) is 0 Å². The molecule has 0 bridgehead atoms. The zero-order valence-corrected chi connectivity index (χ0v) is 42.1. The average Bonchev–Trinajstić information content (AvgIpc) is 3.31. The Morgan fingerprint density at radius 1 is 0.318 bits per heavy atom. The standard InChI is InChI=1S/C60H94O6/c1-4-7-10-13-16-19-22-25-28-29-30-31-33-35-38-41-44-47-50-53-59(62)65-56-57(55-64-58(61)52-49-46-43-40-37-34-27-24-21-18-15-12-9-6-3)66-60(63)54-51-48-45-42-39-36-32-26-23-20-17-14-11-8-5-2/h7-12,14,16-21,23,25-28,32,34,36,39,57H,4-6,13,15,22,24,29-31,33,35,37-38,40-56H2,1-3H3/b10-7-,11-8-,12-9-,17-14-,19-16-,21-18-,23-20-,28-25-,32-26-,34-27-,39-36-. The van der Waals surface area contributed by atoms with Gasteiger partial charge in [-0.25, -0.2) is 0 Å². The molecule has 0 aliphatic carbocycles. The first-order valence-corrected chi connectivity index (χ1v) is 26.3. The summed E-state index contributed by atoms with van der Waals surface area (Å²) in [5.41, 5.74) is 0. The average molecular weight is 911 g/mol. The van der Waals surface area contributed by atoms with Gasteiger partial charge in [0, 0.05) is 19.3 Å². The van der Waals surface area contributed by atoms with Crippen molar-refractivity contribution in [2.75, 3.05) is 13.2 Å². The van der Waals surface area contributed by atoms with Crippen LogP contribution in [0.4, 0.5) is 0 Å². The number of esters is 3. The van der Waals surface area contributed by atoms with Crippen molar-refractivity contribution in [3.63, 3.8) is 0 Å². The van der Waals surface area contributed by atoms with Gasteiger partial charge in [-0.15, -0.1) is 0 Å². The van der Waals surface area contributed by atoms with E-state index in [4.69, 9.17) is 14.2 Å². The minimum atomic E-state index is -0.817. The Kier molecular flexibility index (Phi) is 49.6. The van der Waals surface area contributed by atoms with Crippen LogP contribution in [0.5, 0.6) is 0 Å². The van der Waals surface area contributed by atoms with Gasteiger partial charge >= 0.3 is 17.9 Å². The highest BCUT2D eigenvalue weighted by Gasteiger charge is 2.19. The summed E-state index contributed by atoms with van der Waals surface area (Å²) in [5.74, 6) is -0.989. The maximum Gasteiger partial charge on any atom is 0.306 e. The Balaban J connectivity index is 4.50. The van der Waals surface area contributed by atoms with Crippen LogP contribution in [0, 0.1) is 0 Å². The van der Waals surface area contributed by atoms with Crippen molar-refractivity contribution < 1.29 is 28.6 Å². The minimum Gasteiger partial charge on any atom is -0.462 e. The van der Waals surface area contributed by atoms with E-state index < -0.39 is 6.10 Å². The van der Waals surface area contributed by atoms with Crippen LogP contribution < -0.4 is 0 Å². The molecule has 6 heteroatoms. The normalized spacial score (nSPS) is 13.2. The van der Waals surface area contributed by atoms with Crippen molar-refractivity contribution in [3.05, 3.63) is 134 Å². The number of carbonyl (C=O) groups excluding carboxylic acids is 3. The molecular formula is C60H94O6. The topological polar surface area (TPSA) is 78.9 Å². The van der Waals surface area contributed by atoms with Crippen molar-refractivity contribution in [3.8, 4) is 0 Å². The smallest absolute Gasteiger partial charge is 0.306 e. The van der Waals surface area contributed by atoms with Crippen LogP contribution in [0.25, 0.3) is 0 Å². The van der Waals surface area contributed by atoms with Gasteiger partial charge in [0.15, 0.2) is 6.10 Å². The lowest BCUT2D eigenvalue weighted by molar-refractivity contribution is -0.167. The van der Waals surface area contributed by atoms with Gasteiger partial charge in [-0.3, -0.25) is 14.4 Å². The lowest BCUT2D eigenvalue weighted by Crippen LogP contribution is -2.30. The summed E-state index contributed by atoms with van der Waals surface area (Å²) in [5, 5.41) is 0. The van der Waals surface area contributed by atoms with Crippen LogP contribution in [0.3, 0.4) is 0 Å². The Labute approximate surface area is 405 Å². The van der Waals surface area contributed by atoms with Gasteiger partial charge in [-0.05, 0) is 103 Å². The summed E-state index contributed by atoms with van der Waals surface area (Å²) < 4.78 is 16.8. The van der Waals surface area contributed by atoms with E-state index in [0.717, 1.165) is 122 Å². The van der Waals surface area contributed by atoms with Crippen molar-refractivity contribution in [2.45, 2.75) is 213 Å². The third-order valence-corrected chi connectivity index (χ3v) is 10.5. The van der Waals surface area contributed by atoms with Crippen molar-refractivity contribution in [1.29, 1.82) is 0 Å². The van der Waals surface area contributed by atoms with Gasteiger partial charge < -0.3 is 14.2 Å². The molecule has 0 saturated heterocycles. The molecule has 0 spiro atoms. The molecule has 0 fully saturated rings. The van der Waals surface area contributed by atoms with Gasteiger partial charge in [-0.2, -0.15) is 0 Å². The Hall–Kier alpha value is -4.45. The molecule has 0 aromatic heterocycles. The van der Waals surface area contributed by atoms with E-state index in [1.807, 2.05) is 48.6 Å². The largest absolute Gasteiger partial charge is 0.462 e. The highest BCUT2D eigenvalue weighted by atomic mass is 16.6. The molecule has 0 radical (unpaired) electrons. The number of unbranched alkanes of at least 4 members (excludes halogenated alkanes) is 16. The first-order chi connectivity index (χ1) is 32.5. The number of allylic oxidation sites excluding steroid dienone is 22. The second-order valence-corrected chi connectivity index (χ2v) is 16.8. The monoisotopic (exact) mass is 911 g/mol. The maximum atomic E-state index is 12.8. The van der Waals surface area contributed by atoms with Crippen LogP contribution in [0.1, 0.15) is 207 Å². The van der Waals surface area contributed by atoms with E-state index in [1.165, 1.54) is 38.5 Å². The molecular weight excluding hydrogens is 817 g/mol. The maximum absolute atomic E-state index is 12.8. The lowest BCUT2D eigenvalue weighted by Gasteiger charge is -2.18. The van der Waals surface area contributed by atoms with Crippen molar-refractivity contribution in [1.82, 2.24) is 0 Å². The van der Waals surface area contributed by atoms with Gasteiger partial charge in [-0.1, -0.05) is 219 Å². The molecule has 0 saturated carbocycles. The van der Waals surface area contributed by atoms with Crippen LogP contribution >= 0.6 is 0 Å². The summed E-state index contributed by atoms with van der Waals surface area (Å²) in [7, 11) is 0. The predicted molar refractivity (Wildman–Crippen MR) is 283 cm³/mol. The molecule has 0 heterocycles. The first-order valence-electron chi connectivity index (χ1n) is 26.3. The summed E-state index contributed by atoms with van der Waals surface area (Å²) in [6, 6.07) is 0. The van der Waals surface area contributed by atoms with E-state index in [-0.39, 0.29) is 37.5 Å². The summed E-state index contributed by atoms with van der Waals surface area (Å²) >= 11 is 0. The van der Waals surface area contributed by atoms with E-state index in [2.05, 4.69) is 106 Å². The molecule has 0 amide bonds. The number of rotatable bonds is 45. The molecule has 0 aromatic carbocycles. The molecule has 0 aliphatic heterocycles. The van der Waals surface area contributed by atoms with E-state index >= 15 is 0 Å². The van der Waals surface area contributed by atoms with E-state index in [0.29, 0.717) is 19.3 Å². The van der Waals surface area contributed by atoms with Crippen LogP contribution in [-0.4, -0.2) is 37.2 Å². The molecule has 66 heavy (non-hydrogen) atoms. The summed E-state index contributed by atoms with van der Waals surface area (Å²) in [6.07, 6.45) is 74.3. The fourth-order valence-corrected chi connectivity index (χ4v) is 6.67. The zero-order valence-electron chi connectivity index (χ0n) is 42.1. The third-order valence-electron chi connectivity index (χ3n) is 10.5. The molecule has 1 unspecified atom stereocenters. The molecule has 6 nitrogen and oxygen atoms in total. The van der Waals surface area contributed by atoms with E-state index in [9.17, 15) is 14.4 Å². The van der Waals surface area contributed by atoms with Gasteiger partial charge in [0.2, 0.25) is 0 Å². The Bertz CT molecular complexity index is 1460. The lowest BCUT2D eigenvalue weighted by atomic mass is 10.1. The molecule has 370 valence electrons. The molecule has 0 N–H and O–H groups in total. The second kappa shape index (κ2) is 53.2. The van der Waals surface area contributed by atoms with Crippen molar-refractivity contribution in [2.24, 2.45) is 0 Å². The fraction of sp³-hybridized carbons (Fsp3) is 0.583. The molecule has 0 aromatic rings. The summed E-state index contributed by atoms with van der Waals surface area (Å²) in [4.78, 5) is 38.0. The quantitative estimate of drug-likeness (QED) is 0.0199. The highest BCUT2D eigenvalue weighted by molar-refractivity contribution is 5.71. The minimum absolute atomic E-state index is 0.111.